The van der Waals surface area contributed by atoms with E-state index in [9.17, 15) is 20.1 Å². The molecule has 6 N–H and O–H groups in total. The van der Waals surface area contributed by atoms with E-state index in [1.165, 1.54) is 6.34 Å². The summed E-state index contributed by atoms with van der Waals surface area (Å²) in [4.78, 5) is 25.4. The number of carboxylic acids is 1. The van der Waals surface area contributed by atoms with Crippen molar-refractivity contribution in [1.29, 1.82) is 0 Å². The van der Waals surface area contributed by atoms with Crippen LogP contribution in [-0.2, 0) is 21.6 Å². The average molecular weight is 403 g/mol. The van der Waals surface area contributed by atoms with Gasteiger partial charge in [-0.05, 0) is 5.56 Å². The van der Waals surface area contributed by atoms with E-state index in [0.29, 0.717) is 22.7 Å². The number of aliphatic imine (C=N–C) groups is 3. The number of carbonyl (C=O) groups is 1. The topological polar surface area (TPSA) is 174 Å². The summed E-state index contributed by atoms with van der Waals surface area (Å²) in [5, 5.41) is 38.6. The number of aliphatic hydroxyl groups is 3. The fourth-order valence-corrected chi connectivity index (χ4v) is 3.68. The van der Waals surface area contributed by atoms with Crippen molar-refractivity contribution in [2.75, 3.05) is 13.3 Å². The summed E-state index contributed by atoms with van der Waals surface area (Å²) in [5.74, 6) is -0.577. The number of rotatable bonds is 5. The van der Waals surface area contributed by atoms with Gasteiger partial charge in [-0.25, -0.2) is 9.98 Å². The number of benzene rings is 1. The molecule has 3 aliphatic rings. The van der Waals surface area contributed by atoms with Gasteiger partial charge in [-0.2, -0.15) is 0 Å². The van der Waals surface area contributed by atoms with Crippen LogP contribution in [0, 0.1) is 0 Å². The van der Waals surface area contributed by atoms with Crippen LogP contribution in [-0.4, -0.2) is 87.0 Å². The number of ether oxygens (including phenoxy) is 1. The molecule has 0 aliphatic carbocycles. The van der Waals surface area contributed by atoms with Crippen molar-refractivity contribution in [3.05, 3.63) is 35.4 Å². The van der Waals surface area contributed by atoms with Crippen LogP contribution >= 0.6 is 0 Å². The zero-order valence-corrected chi connectivity index (χ0v) is 15.3. The maximum absolute atomic E-state index is 10.9. The Bertz CT molecular complexity index is 901. The Labute approximate surface area is 165 Å². The first-order valence-electron chi connectivity index (χ1n) is 9.01. The summed E-state index contributed by atoms with van der Waals surface area (Å²) >= 11 is 0. The number of aliphatic carboxylic acids is 1. The maximum atomic E-state index is 10.9. The quantitative estimate of drug-likeness (QED) is 0.376. The highest BCUT2D eigenvalue weighted by Crippen LogP contribution is 2.32. The molecule has 0 spiro atoms. The van der Waals surface area contributed by atoms with Gasteiger partial charge in [0.05, 0.1) is 13.0 Å². The molecular weight excluding hydrogens is 382 g/mol. The van der Waals surface area contributed by atoms with Crippen molar-refractivity contribution in [3.8, 4) is 0 Å². The summed E-state index contributed by atoms with van der Waals surface area (Å²) in [7, 11) is 0. The van der Waals surface area contributed by atoms with Crippen LogP contribution in [0.15, 0.2) is 39.2 Å². The highest BCUT2D eigenvalue weighted by atomic mass is 16.6. The van der Waals surface area contributed by atoms with Gasteiger partial charge < -0.3 is 30.1 Å². The van der Waals surface area contributed by atoms with Gasteiger partial charge in [0.1, 0.15) is 37.0 Å². The predicted octanol–water partition coefficient (Wildman–Crippen LogP) is -1.98. The zero-order chi connectivity index (χ0) is 20.8. The van der Waals surface area contributed by atoms with Crippen LogP contribution in [0.2, 0.25) is 0 Å². The van der Waals surface area contributed by atoms with E-state index < -0.39 is 42.8 Å². The molecular formula is C18H21N5O6. The molecule has 3 heterocycles. The first-order chi connectivity index (χ1) is 13.8. The third-order valence-corrected chi connectivity index (χ3v) is 5.24. The molecule has 29 heavy (non-hydrogen) atoms. The molecule has 5 atom stereocenters. The monoisotopic (exact) mass is 403 g/mol. The van der Waals surface area contributed by atoms with Gasteiger partial charge in [0.25, 0.3) is 0 Å². The lowest BCUT2D eigenvalue weighted by Crippen LogP contribution is -2.53. The maximum Gasteiger partial charge on any atom is 0.307 e. The molecule has 154 valence electrons. The molecule has 4 rings (SSSR count). The minimum absolute atomic E-state index is 0.0835. The number of nitrogens with two attached hydrogens (primary N) is 1. The Morgan fingerprint density at radius 3 is 2.62 bits per heavy atom. The van der Waals surface area contributed by atoms with Gasteiger partial charge in [0.15, 0.2) is 17.7 Å². The second-order valence-corrected chi connectivity index (χ2v) is 7.08. The number of hydrogen-bond acceptors (Lipinski definition) is 10. The molecule has 1 fully saturated rings. The van der Waals surface area contributed by atoms with Crippen molar-refractivity contribution in [3.63, 3.8) is 0 Å². The molecule has 11 heteroatoms. The summed E-state index contributed by atoms with van der Waals surface area (Å²) < 4.78 is 5.58. The first-order valence-corrected chi connectivity index (χ1v) is 9.01. The van der Waals surface area contributed by atoms with Crippen molar-refractivity contribution in [2.45, 2.75) is 36.6 Å². The standard InChI is InChI=1S/C18H21N5O6/c19-18(10-3-1-9(2-4-10)5-12(25)26)15-16(20-7-22-18)23(8-21-15)17-14(28)13(27)11(6-24)29-17/h1-4,7,11,13-14,17,24,27-28H,5-6,8,19H2,(H,25,26)/t11-,13-,14-,17-,18?/m1/s1. The van der Waals surface area contributed by atoms with Crippen LogP contribution < -0.4 is 5.73 Å². The van der Waals surface area contributed by atoms with E-state index in [-0.39, 0.29) is 13.1 Å². The molecule has 0 saturated carbocycles. The number of carboxylic acid groups (broad SMARTS) is 1. The highest BCUT2D eigenvalue weighted by Gasteiger charge is 2.50. The van der Waals surface area contributed by atoms with E-state index >= 15 is 0 Å². The van der Waals surface area contributed by atoms with Crippen LogP contribution in [0.5, 0.6) is 0 Å². The second-order valence-electron chi connectivity index (χ2n) is 7.08. The number of hydrogen-bond donors (Lipinski definition) is 5. The summed E-state index contributed by atoms with van der Waals surface area (Å²) in [6.07, 6.45) is -3.17. The highest BCUT2D eigenvalue weighted by molar-refractivity contribution is 6.47. The van der Waals surface area contributed by atoms with Gasteiger partial charge in [0.2, 0.25) is 0 Å². The Kier molecular flexibility index (Phi) is 4.92. The van der Waals surface area contributed by atoms with Crippen molar-refractivity contribution >= 4 is 23.9 Å². The van der Waals surface area contributed by atoms with E-state index in [2.05, 4.69) is 15.0 Å². The number of aliphatic hydroxyl groups excluding tert-OH is 3. The SMILES string of the molecule is NC1(c2ccc(CC(=O)O)cc2)N=CN=C2C1=NCN2[C@@H]1O[C@H](CO)[C@@H](O)[C@H]1O. The number of amidine groups is 1. The largest absolute Gasteiger partial charge is 0.481 e. The minimum Gasteiger partial charge on any atom is -0.481 e. The van der Waals surface area contributed by atoms with E-state index in [1.807, 2.05) is 0 Å². The average Bonchev–Trinajstić information content (AvgIpc) is 3.24. The van der Waals surface area contributed by atoms with Crippen molar-refractivity contribution < 1.29 is 30.0 Å². The van der Waals surface area contributed by atoms with Gasteiger partial charge in [0, 0.05) is 5.56 Å². The molecule has 1 unspecified atom stereocenters. The van der Waals surface area contributed by atoms with Gasteiger partial charge in [-0.15, -0.1) is 0 Å². The van der Waals surface area contributed by atoms with Crippen LogP contribution in [0.25, 0.3) is 0 Å². The lowest BCUT2D eigenvalue weighted by molar-refractivity contribution is -0.136. The Balaban J connectivity index is 1.59. The van der Waals surface area contributed by atoms with Gasteiger partial charge in [-0.1, -0.05) is 24.3 Å². The second kappa shape index (κ2) is 7.28. The van der Waals surface area contributed by atoms with E-state index in [1.54, 1.807) is 29.2 Å². The Morgan fingerprint density at radius 1 is 1.28 bits per heavy atom. The van der Waals surface area contributed by atoms with Crippen LogP contribution in [0.4, 0.5) is 0 Å². The van der Waals surface area contributed by atoms with E-state index in [4.69, 9.17) is 15.6 Å². The zero-order valence-electron chi connectivity index (χ0n) is 15.3. The predicted molar refractivity (Wildman–Crippen MR) is 101 cm³/mol. The molecule has 3 aliphatic heterocycles. The lowest BCUT2D eigenvalue weighted by Gasteiger charge is -2.32. The first kappa shape index (κ1) is 19.6. The molecule has 1 aromatic carbocycles. The fourth-order valence-electron chi connectivity index (χ4n) is 3.68. The third kappa shape index (κ3) is 3.22. The number of fused-ring (bicyclic) bond motifs is 1. The summed E-state index contributed by atoms with van der Waals surface area (Å²) in [6.45, 7) is -0.353. The molecule has 1 saturated heterocycles. The third-order valence-electron chi connectivity index (χ3n) is 5.24. The van der Waals surface area contributed by atoms with Crippen LogP contribution in [0.3, 0.4) is 0 Å². The smallest absolute Gasteiger partial charge is 0.307 e. The minimum atomic E-state index is -1.34. The lowest BCUT2D eigenvalue weighted by atomic mass is 9.92. The number of nitrogens with zero attached hydrogens (tertiary/aromatic N) is 4. The summed E-state index contributed by atoms with van der Waals surface area (Å²) in [5.41, 5.74) is 6.79. The summed E-state index contributed by atoms with van der Waals surface area (Å²) in [6, 6.07) is 6.71. The molecule has 0 amide bonds. The molecule has 0 aromatic heterocycles. The normalized spacial score (nSPS) is 33.4. The van der Waals surface area contributed by atoms with Gasteiger partial charge >= 0.3 is 5.97 Å². The molecule has 0 radical (unpaired) electrons. The molecule has 0 bridgehead atoms. The molecule has 1 aromatic rings. The van der Waals surface area contributed by atoms with Crippen LogP contribution in [0.1, 0.15) is 11.1 Å². The Morgan fingerprint density at radius 2 is 2.00 bits per heavy atom. The van der Waals surface area contributed by atoms with Crippen molar-refractivity contribution in [1.82, 2.24) is 4.90 Å². The fraction of sp³-hybridized carbons (Fsp3) is 0.444. The van der Waals surface area contributed by atoms with Gasteiger partial charge in [-0.3, -0.25) is 15.5 Å². The van der Waals surface area contributed by atoms with Crippen molar-refractivity contribution in [2.24, 2.45) is 20.7 Å². The Hall–Kier alpha value is -2.70. The molecule has 11 nitrogen and oxygen atoms in total. The van der Waals surface area contributed by atoms with E-state index in [0.717, 1.165) is 0 Å².